The molecule has 3 rings (SSSR count). The Balaban J connectivity index is 0.00000225. The molecule has 0 atom stereocenters. The summed E-state index contributed by atoms with van der Waals surface area (Å²) in [4.78, 5) is 12.4. The van der Waals surface area contributed by atoms with Crippen LogP contribution in [0.4, 0.5) is 5.69 Å². The molecule has 1 amide bonds. The molecule has 1 heterocycles. The fraction of sp³-hybridized carbons (Fsp3) is 0.235. The minimum absolute atomic E-state index is 0. The van der Waals surface area contributed by atoms with E-state index in [-0.39, 0.29) is 52.1 Å². The second kappa shape index (κ2) is 9.04. The van der Waals surface area contributed by atoms with E-state index >= 15 is 0 Å². The summed E-state index contributed by atoms with van der Waals surface area (Å²) in [5.74, 6) is -0.264. The van der Waals surface area contributed by atoms with Gasteiger partial charge in [0.25, 0.3) is 0 Å². The summed E-state index contributed by atoms with van der Waals surface area (Å²) >= 11 is 3.27. The van der Waals surface area contributed by atoms with Crippen LogP contribution >= 0.6 is 15.9 Å². The van der Waals surface area contributed by atoms with Gasteiger partial charge in [0.15, 0.2) is 0 Å². The number of carbonyl (C=O) groups is 1. The van der Waals surface area contributed by atoms with Crippen LogP contribution in [0.1, 0.15) is 23.2 Å². The number of hydrogen-bond acceptors (Lipinski definition) is 3. The van der Waals surface area contributed by atoms with Gasteiger partial charge in [-0.25, -0.2) is 8.42 Å². The Bertz CT molecular complexity index is 850. The quantitative estimate of drug-likeness (QED) is 0.596. The van der Waals surface area contributed by atoms with Crippen LogP contribution in [0.2, 0.25) is 0 Å². The molecule has 1 aliphatic heterocycles. The Hall–Kier alpha value is -0.336. The third-order valence-corrected chi connectivity index (χ3v) is 6.21. The minimum atomic E-state index is -3.43. The second-order valence-electron chi connectivity index (χ2n) is 5.51. The molecule has 1 saturated heterocycles. The van der Waals surface area contributed by atoms with E-state index in [9.17, 15) is 13.2 Å². The van der Waals surface area contributed by atoms with E-state index in [1.807, 2.05) is 0 Å². The maximum absolute atomic E-state index is 12.5. The maximum atomic E-state index is 12.5. The summed E-state index contributed by atoms with van der Waals surface area (Å²) in [5.41, 5.74) is 1.04. The first-order chi connectivity index (χ1) is 11.5. The average Bonchev–Trinajstić information content (AvgIpc) is 3.10. The molecule has 129 valence electrons. The van der Waals surface area contributed by atoms with Crippen molar-refractivity contribution < 1.29 is 54.5 Å². The smallest absolute Gasteiger partial charge is 0.243 e. The average molecular weight is 549 g/mol. The third-order valence-electron chi connectivity index (χ3n) is 3.84. The van der Waals surface area contributed by atoms with Crippen molar-refractivity contribution in [3.05, 3.63) is 58.6 Å². The van der Waals surface area contributed by atoms with Crippen molar-refractivity contribution in [2.45, 2.75) is 17.7 Å². The van der Waals surface area contributed by atoms with Gasteiger partial charge in [-0.1, -0.05) is 26.0 Å². The fourth-order valence-electron chi connectivity index (χ4n) is 2.57. The molecule has 1 N–H and O–H groups in total. The fourth-order valence-corrected chi connectivity index (χ4v) is 4.47. The van der Waals surface area contributed by atoms with Gasteiger partial charge in [-0.05, 0) is 37.1 Å². The first-order valence-corrected chi connectivity index (χ1v) is 9.79. The van der Waals surface area contributed by atoms with Crippen molar-refractivity contribution in [3.63, 3.8) is 0 Å². The Morgan fingerprint density at radius 3 is 2.36 bits per heavy atom. The van der Waals surface area contributed by atoms with Crippen molar-refractivity contribution in [1.82, 2.24) is 4.31 Å². The van der Waals surface area contributed by atoms with Gasteiger partial charge in [-0.2, -0.15) is 22.5 Å². The maximum Gasteiger partial charge on any atom is 0.243 e. The molecule has 5 nitrogen and oxygen atoms in total. The predicted molar refractivity (Wildman–Crippen MR) is 95.4 cm³/mol. The van der Waals surface area contributed by atoms with Gasteiger partial charge >= 0.3 is 0 Å². The normalized spacial score (nSPS) is 14.8. The van der Waals surface area contributed by atoms with Gasteiger partial charge in [-0.15, -0.1) is 6.07 Å². The zero-order valence-corrected chi connectivity index (χ0v) is 19.5. The molecule has 2 aromatic carbocycles. The Morgan fingerprint density at radius 2 is 1.76 bits per heavy atom. The molecular weight excluding hydrogens is 533 g/mol. The van der Waals surface area contributed by atoms with E-state index in [0.717, 1.165) is 12.8 Å². The number of sulfonamides is 1. The molecule has 0 unspecified atom stereocenters. The van der Waals surface area contributed by atoms with Crippen molar-refractivity contribution >= 4 is 37.5 Å². The van der Waals surface area contributed by atoms with E-state index in [4.69, 9.17) is 0 Å². The first-order valence-electron chi connectivity index (χ1n) is 7.55. The standard InChI is InChI=1S/C17H16BrN2O3S.Pr/c18-14-5-3-4-13(12-14)17(21)19-15-6-8-16(9-7-15)24(22,23)20-10-1-2-11-20;/h3-4,6-9,12H,1-2,10-11H2,(H,19,21);/q-1;. The molecule has 1 fully saturated rings. The zero-order valence-electron chi connectivity index (χ0n) is 13.4. The van der Waals surface area contributed by atoms with Gasteiger partial charge in [0.05, 0.1) is 4.90 Å². The van der Waals surface area contributed by atoms with Gasteiger partial charge in [0, 0.05) is 60.1 Å². The topological polar surface area (TPSA) is 66.5 Å². The van der Waals surface area contributed by atoms with E-state index in [1.54, 1.807) is 30.3 Å². The van der Waals surface area contributed by atoms with Crippen LogP contribution in [-0.4, -0.2) is 31.7 Å². The van der Waals surface area contributed by atoms with Gasteiger partial charge in [-0.3, -0.25) is 4.79 Å². The number of rotatable bonds is 4. The molecule has 0 bridgehead atoms. The van der Waals surface area contributed by atoms with Crippen LogP contribution in [-0.2, 0) is 10.0 Å². The summed E-state index contributed by atoms with van der Waals surface area (Å²) in [6, 6.07) is 14.1. The number of benzene rings is 2. The van der Waals surface area contributed by atoms with Crippen molar-refractivity contribution in [2.24, 2.45) is 0 Å². The van der Waals surface area contributed by atoms with Crippen molar-refractivity contribution in [2.75, 3.05) is 18.4 Å². The van der Waals surface area contributed by atoms with Crippen LogP contribution in [0.5, 0.6) is 0 Å². The van der Waals surface area contributed by atoms with Crippen LogP contribution in [0.15, 0.2) is 51.8 Å². The molecule has 8 heteroatoms. The summed E-state index contributed by atoms with van der Waals surface area (Å²) < 4.78 is 27.1. The summed E-state index contributed by atoms with van der Waals surface area (Å²) in [5, 5.41) is 2.75. The van der Waals surface area contributed by atoms with E-state index in [2.05, 4.69) is 27.3 Å². The monoisotopic (exact) mass is 548 g/mol. The van der Waals surface area contributed by atoms with Crippen LogP contribution in [0, 0.1) is 47.4 Å². The van der Waals surface area contributed by atoms with Crippen LogP contribution in [0.25, 0.3) is 0 Å². The molecule has 0 aromatic heterocycles. The van der Waals surface area contributed by atoms with Gasteiger partial charge < -0.3 is 5.32 Å². The number of nitrogens with one attached hydrogen (secondary N) is 1. The van der Waals surface area contributed by atoms with Crippen molar-refractivity contribution in [1.29, 1.82) is 0 Å². The van der Waals surface area contributed by atoms with Crippen LogP contribution in [0.3, 0.4) is 0 Å². The number of halogens is 1. The van der Waals surface area contributed by atoms with E-state index in [0.29, 0.717) is 28.8 Å². The third kappa shape index (κ3) is 5.10. The Labute approximate surface area is 189 Å². The van der Waals surface area contributed by atoms with E-state index < -0.39 is 10.0 Å². The second-order valence-corrected chi connectivity index (χ2v) is 8.31. The molecule has 0 saturated carbocycles. The summed E-state index contributed by atoms with van der Waals surface area (Å²) in [6.45, 7) is 1.14. The minimum Gasteiger partial charge on any atom is -0.324 e. The predicted octanol–water partition coefficient (Wildman–Crippen LogP) is 3.29. The molecule has 2 aromatic rings. The SMILES string of the molecule is O=C(Nc1ccc(S(=O)(=O)N2CCCC2)cc1)c1cc[c-]c(Br)c1.[Pr]. The molecule has 0 aliphatic carbocycles. The number of hydrogen-bond donors (Lipinski definition) is 1. The number of nitrogens with zero attached hydrogens (tertiary/aromatic N) is 1. The Morgan fingerprint density at radius 1 is 1.12 bits per heavy atom. The van der Waals surface area contributed by atoms with Crippen LogP contribution < -0.4 is 5.32 Å². The summed E-state index contributed by atoms with van der Waals surface area (Å²) in [6.07, 6.45) is 1.80. The summed E-state index contributed by atoms with van der Waals surface area (Å²) in [7, 11) is -3.43. The number of amides is 1. The van der Waals surface area contributed by atoms with Crippen molar-refractivity contribution in [3.8, 4) is 0 Å². The van der Waals surface area contributed by atoms with E-state index in [1.165, 1.54) is 16.4 Å². The Kier molecular flexibility index (Phi) is 7.58. The number of anilines is 1. The first kappa shape index (κ1) is 21.0. The molecular formula is C17H16BrN2O3PrS-. The molecule has 25 heavy (non-hydrogen) atoms. The zero-order chi connectivity index (χ0) is 17.2. The number of carbonyl (C=O) groups excluding carboxylic acids is 1. The molecule has 1 aliphatic rings. The largest absolute Gasteiger partial charge is 0.324 e. The van der Waals surface area contributed by atoms with Gasteiger partial charge in [0.2, 0.25) is 15.9 Å². The van der Waals surface area contributed by atoms with Gasteiger partial charge in [0.1, 0.15) is 0 Å². The molecule has 0 spiro atoms. The molecule has 1 radical (unpaired) electrons.